The lowest BCUT2D eigenvalue weighted by Crippen LogP contribution is -2.52. The van der Waals surface area contributed by atoms with Gasteiger partial charge in [0.1, 0.15) is 12.0 Å². The van der Waals surface area contributed by atoms with E-state index < -0.39 is 29.2 Å². The Morgan fingerprint density at radius 1 is 1.24 bits per heavy atom. The second kappa shape index (κ2) is 11.7. The molecule has 3 rings (SSSR count). The van der Waals surface area contributed by atoms with Crippen molar-refractivity contribution in [2.24, 2.45) is 5.92 Å². The van der Waals surface area contributed by atoms with E-state index >= 15 is 0 Å². The predicted molar refractivity (Wildman–Crippen MR) is 139 cm³/mol. The molecule has 3 aliphatic rings. The van der Waals surface area contributed by atoms with Gasteiger partial charge in [-0.2, -0.15) is 0 Å². The molecule has 0 saturated carbocycles. The summed E-state index contributed by atoms with van der Waals surface area (Å²) in [5.74, 6) is -2.36. The molecule has 1 N–H and O–H groups in total. The molecule has 0 amide bonds. The van der Waals surface area contributed by atoms with Crippen molar-refractivity contribution in [2.45, 2.75) is 91.3 Å². The van der Waals surface area contributed by atoms with E-state index in [2.05, 4.69) is 6.92 Å². The fraction of sp³-hybridized carbons (Fsp3) is 0.517. The average molecular weight is 531 g/mol. The first-order valence-corrected chi connectivity index (χ1v) is 13.2. The Balaban J connectivity index is 1.83. The lowest BCUT2D eigenvalue weighted by Gasteiger charge is -2.33. The lowest BCUT2D eigenvalue weighted by atomic mass is 9.79. The molecule has 2 aliphatic carbocycles. The lowest BCUT2D eigenvalue weighted by molar-refractivity contribution is -0.166. The van der Waals surface area contributed by atoms with Crippen molar-refractivity contribution >= 4 is 34.9 Å². The summed E-state index contributed by atoms with van der Waals surface area (Å²) < 4.78 is 11.1. The van der Waals surface area contributed by atoms with E-state index in [0.717, 1.165) is 31.9 Å². The van der Waals surface area contributed by atoms with Crippen LogP contribution in [0.5, 0.6) is 0 Å². The number of esters is 1. The van der Waals surface area contributed by atoms with Crippen LogP contribution in [0.3, 0.4) is 0 Å². The van der Waals surface area contributed by atoms with Crippen LogP contribution in [0, 0.1) is 5.92 Å². The molecule has 0 aromatic rings. The van der Waals surface area contributed by atoms with Gasteiger partial charge in [0.25, 0.3) is 0 Å². The first kappa shape index (κ1) is 28.8. The molecular formula is C29H35ClO7. The van der Waals surface area contributed by atoms with Gasteiger partial charge in [-0.1, -0.05) is 62.8 Å². The number of ether oxygens (including phenoxy) is 2. The van der Waals surface area contributed by atoms with Crippen LogP contribution in [-0.2, 0) is 28.7 Å². The van der Waals surface area contributed by atoms with Crippen molar-refractivity contribution in [3.63, 3.8) is 0 Å². The third-order valence-corrected chi connectivity index (χ3v) is 7.37. The number of carbonyl (C=O) groups excluding carboxylic acids is 4. The SMILES string of the molecule is CCCCCCC(C)C=C(C)C(=O)OC1(C)C(=O)C2=COC(C3=C(C)CC(O)CC3=O)=CC2=C(Cl)C1=O. The average Bonchev–Trinajstić information content (AvgIpc) is 2.83. The quantitative estimate of drug-likeness (QED) is 0.186. The summed E-state index contributed by atoms with van der Waals surface area (Å²) in [6.07, 6.45) is 9.24. The number of aliphatic hydroxyl groups excluding tert-OH is 1. The topological polar surface area (TPSA) is 107 Å². The Labute approximate surface area is 222 Å². The zero-order valence-electron chi connectivity index (χ0n) is 22.1. The van der Waals surface area contributed by atoms with Crippen molar-refractivity contribution in [3.8, 4) is 0 Å². The molecule has 0 saturated heterocycles. The fourth-order valence-corrected chi connectivity index (χ4v) is 5.21. The van der Waals surface area contributed by atoms with E-state index in [4.69, 9.17) is 21.1 Å². The molecule has 0 radical (unpaired) electrons. The molecule has 3 atom stereocenters. The molecule has 0 aromatic heterocycles. The van der Waals surface area contributed by atoms with Gasteiger partial charge in [-0.05, 0) is 45.6 Å². The number of carbonyl (C=O) groups is 4. The largest absolute Gasteiger partial charge is 0.463 e. The molecule has 8 heteroatoms. The van der Waals surface area contributed by atoms with Crippen molar-refractivity contribution < 1.29 is 33.8 Å². The Bertz CT molecular complexity index is 1170. The summed E-state index contributed by atoms with van der Waals surface area (Å²) in [5.41, 5.74) is -0.807. The van der Waals surface area contributed by atoms with Crippen LogP contribution < -0.4 is 0 Å². The normalized spacial score (nSPS) is 25.4. The van der Waals surface area contributed by atoms with Crippen molar-refractivity contribution in [1.29, 1.82) is 0 Å². The highest BCUT2D eigenvalue weighted by atomic mass is 35.5. The summed E-state index contributed by atoms with van der Waals surface area (Å²) in [6.45, 7) is 8.70. The highest BCUT2D eigenvalue weighted by molar-refractivity contribution is 6.49. The van der Waals surface area contributed by atoms with Crippen molar-refractivity contribution in [1.82, 2.24) is 0 Å². The molecule has 200 valence electrons. The van der Waals surface area contributed by atoms with Gasteiger partial charge in [-0.25, -0.2) is 4.79 Å². The molecule has 37 heavy (non-hydrogen) atoms. The van der Waals surface area contributed by atoms with E-state index in [0.29, 0.717) is 23.1 Å². The molecular weight excluding hydrogens is 496 g/mol. The predicted octanol–water partition coefficient (Wildman–Crippen LogP) is 5.32. The minimum absolute atomic E-state index is 0.0175. The van der Waals surface area contributed by atoms with E-state index in [-0.39, 0.29) is 40.1 Å². The second-order valence-electron chi connectivity index (χ2n) is 10.3. The maximum absolute atomic E-state index is 13.4. The number of rotatable bonds is 9. The van der Waals surface area contributed by atoms with E-state index in [1.165, 1.54) is 19.4 Å². The summed E-state index contributed by atoms with van der Waals surface area (Å²) in [6, 6.07) is 0. The summed E-state index contributed by atoms with van der Waals surface area (Å²) in [5, 5.41) is 9.56. The van der Waals surface area contributed by atoms with Gasteiger partial charge in [-0.15, -0.1) is 0 Å². The first-order chi connectivity index (χ1) is 17.4. The Kier molecular flexibility index (Phi) is 9.13. The van der Waals surface area contributed by atoms with Crippen molar-refractivity contribution in [2.75, 3.05) is 0 Å². The van der Waals surface area contributed by atoms with Gasteiger partial charge < -0.3 is 14.6 Å². The van der Waals surface area contributed by atoms with Crippen LogP contribution in [-0.4, -0.2) is 40.1 Å². The highest BCUT2D eigenvalue weighted by Gasteiger charge is 2.53. The Hall–Kier alpha value is -2.77. The Morgan fingerprint density at radius 3 is 2.59 bits per heavy atom. The van der Waals surface area contributed by atoms with E-state index in [1.807, 2.05) is 6.92 Å². The molecule has 1 heterocycles. The number of halogens is 1. The minimum Gasteiger partial charge on any atom is -0.463 e. The number of aliphatic hydroxyl groups is 1. The van der Waals surface area contributed by atoms with Gasteiger partial charge in [0.05, 0.1) is 22.3 Å². The molecule has 0 spiro atoms. The maximum Gasteiger partial charge on any atom is 0.334 e. The minimum atomic E-state index is -2.14. The summed E-state index contributed by atoms with van der Waals surface area (Å²) in [4.78, 5) is 52.0. The number of Topliss-reactive ketones (excluding diaryl/α,β-unsaturated/α-hetero) is 3. The Morgan fingerprint density at radius 2 is 1.95 bits per heavy atom. The number of unbranched alkanes of at least 4 members (excludes halogenated alkanes) is 3. The number of hydrogen-bond donors (Lipinski definition) is 1. The third-order valence-electron chi connectivity index (χ3n) is 7.00. The van der Waals surface area contributed by atoms with E-state index in [1.54, 1.807) is 19.9 Å². The number of fused-ring (bicyclic) bond motifs is 1. The van der Waals surface area contributed by atoms with Crippen molar-refractivity contribution in [3.05, 3.63) is 57.1 Å². The first-order valence-electron chi connectivity index (χ1n) is 12.8. The van der Waals surface area contributed by atoms with Crippen LogP contribution in [0.4, 0.5) is 0 Å². The monoisotopic (exact) mass is 530 g/mol. The van der Waals surface area contributed by atoms with Gasteiger partial charge >= 0.3 is 5.97 Å². The van der Waals surface area contributed by atoms with E-state index in [9.17, 15) is 24.3 Å². The molecule has 0 bridgehead atoms. The fourth-order valence-electron chi connectivity index (χ4n) is 4.87. The van der Waals surface area contributed by atoms with Gasteiger partial charge in [0.2, 0.25) is 17.2 Å². The molecule has 3 unspecified atom stereocenters. The summed E-state index contributed by atoms with van der Waals surface area (Å²) in [7, 11) is 0. The van der Waals surface area contributed by atoms with Crippen LogP contribution in [0.25, 0.3) is 0 Å². The zero-order chi connectivity index (χ0) is 27.5. The van der Waals surface area contributed by atoms with Crippen LogP contribution in [0.1, 0.15) is 79.6 Å². The second-order valence-corrected chi connectivity index (χ2v) is 10.7. The van der Waals surface area contributed by atoms with Gasteiger partial charge in [0, 0.05) is 17.6 Å². The number of allylic oxidation sites excluding steroid dienone is 4. The summed E-state index contributed by atoms with van der Waals surface area (Å²) >= 11 is 6.41. The van der Waals surface area contributed by atoms with Crippen LogP contribution in [0.15, 0.2) is 57.1 Å². The standard InChI is InChI=1S/C29H35ClO7/c1-6-7-8-9-10-16(2)11-18(4)28(35)37-29(5)26(33)21-15-36-23(14-20(21)25(30)27(29)34)24-17(3)12-19(31)13-22(24)32/h11,14-16,19,31H,6-10,12-13H2,1-5H3. The van der Waals surface area contributed by atoms with Crippen LogP contribution >= 0.6 is 11.6 Å². The molecule has 0 aromatic carbocycles. The third kappa shape index (κ3) is 6.04. The number of ketones is 3. The highest BCUT2D eigenvalue weighted by Crippen LogP contribution is 2.41. The van der Waals surface area contributed by atoms with Gasteiger partial charge in [0.15, 0.2) is 5.78 Å². The molecule has 1 aliphatic heterocycles. The smallest absolute Gasteiger partial charge is 0.334 e. The van der Waals surface area contributed by atoms with Gasteiger partial charge in [-0.3, -0.25) is 14.4 Å². The number of hydrogen-bond acceptors (Lipinski definition) is 7. The van der Waals surface area contributed by atoms with Crippen LogP contribution in [0.2, 0.25) is 0 Å². The molecule has 7 nitrogen and oxygen atoms in total. The maximum atomic E-state index is 13.4. The molecule has 0 fully saturated rings. The zero-order valence-corrected chi connectivity index (χ0v) is 22.9.